The summed E-state index contributed by atoms with van der Waals surface area (Å²) in [6.45, 7) is 0. The van der Waals surface area contributed by atoms with Crippen molar-refractivity contribution >= 4 is 17.7 Å². The summed E-state index contributed by atoms with van der Waals surface area (Å²) >= 11 is 0. The molecule has 1 aromatic rings. The smallest absolute Gasteiger partial charge is 0.339 e. The molecule has 0 aliphatic heterocycles. The van der Waals surface area contributed by atoms with Crippen LogP contribution in [0, 0.1) is 11.8 Å². The topological polar surface area (TPSA) is 119 Å². The van der Waals surface area contributed by atoms with Gasteiger partial charge in [-0.15, -0.1) is 0 Å². The van der Waals surface area contributed by atoms with Crippen LogP contribution in [0.4, 0.5) is 5.82 Å². The molecular weight excluding hydrogens is 210 g/mol. The van der Waals surface area contributed by atoms with Gasteiger partial charge in [0.25, 0.3) is 0 Å². The molecule has 0 radical (unpaired) electrons. The van der Waals surface area contributed by atoms with Crippen molar-refractivity contribution in [2.75, 3.05) is 5.73 Å². The molecule has 0 aliphatic rings. The molecule has 1 rings (SSSR count). The van der Waals surface area contributed by atoms with E-state index in [2.05, 4.69) is 16.8 Å². The van der Waals surface area contributed by atoms with Crippen LogP contribution < -0.4 is 11.5 Å². The van der Waals surface area contributed by atoms with Gasteiger partial charge < -0.3 is 16.6 Å². The first-order valence-corrected chi connectivity index (χ1v) is 4.26. The van der Waals surface area contributed by atoms with Crippen LogP contribution >= 0.6 is 0 Å². The third-order valence-electron chi connectivity index (χ3n) is 1.64. The number of pyridine rings is 1. The van der Waals surface area contributed by atoms with Gasteiger partial charge in [-0.2, -0.15) is 0 Å². The average Bonchev–Trinajstić information content (AvgIpc) is 2.19. The lowest BCUT2D eigenvalue weighted by molar-refractivity contribution is -0.117. The SMILES string of the molecule is NC(=O)CC#Cc1cnc(N)c(C(=O)O)c1. The summed E-state index contributed by atoms with van der Waals surface area (Å²) in [5.74, 6) is 3.25. The van der Waals surface area contributed by atoms with Gasteiger partial charge in [-0.25, -0.2) is 9.78 Å². The quantitative estimate of drug-likeness (QED) is 0.584. The van der Waals surface area contributed by atoms with E-state index < -0.39 is 11.9 Å². The molecule has 0 aliphatic carbocycles. The Morgan fingerprint density at radius 1 is 1.50 bits per heavy atom. The molecule has 1 amide bonds. The second-order valence-electron chi connectivity index (χ2n) is 2.91. The zero-order valence-corrected chi connectivity index (χ0v) is 8.23. The van der Waals surface area contributed by atoms with E-state index in [1.807, 2.05) is 0 Å². The zero-order valence-electron chi connectivity index (χ0n) is 8.23. The number of carboxylic acids is 1. The van der Waals surface area contributed by atoms with Crippen LogP contribution in [0.3, 0.4) is 0 Å². The third-order valence-corrected chi connectivity index (χ3v) is 1.64. The average molecular weight is 219 g/mol. The molecule has 6 heteroatoms. The minimum Gasteiger partial charge on any atom is -0.478 e. The number of carbonyl (C=O) groups excluding carboxylic acids is 1. The Labute approximate surface area is 91.3 Å². The lowest BCUT2D eigenvalue weighted by atomic mass is 10.2. The molecule has 16 heavy (non-hydrogen) atoms. The number of hydrogen-bond acceptors (Lipinski definition) is 4. The molecule has 82 valence electrons. The predicted molar refractivity (Wildman–Crippen MR) is 56.3 cm³/mol. The number of amides is 1. The highest BCUT2D eigenvalue weighted by atomic mass is 16.4. The van der Waals surface area contributed by atoms with Crippen LogP contribution in [0.2, 0.25) is 0 Å². The second-order valence-corrected chi connectivity index (χ2v) is 2.91. The second kappa shape index (κ2) is 4.79. The lowest BCUT2D eigenvalue weighted by Crippen LogP contribution is -2.08. The molecule has 6 nitrogen and oxygen atoms in total. The highest BCUT2D eigenvalue weighted by molar-refractivity contribution is 5.92. The van der Waals surface area contributed by atoms with Gasteiger partial charge in [-0.1, -0.05) is 11.8 Å². The monoisotopic (exact) mass is 219 g/mol. The number of anilines is 1. The van der Waals surface area contributed by atoms with Gasteiger partial charge in [0.2, 0.25) is 5.91 Å². The number of nitrogens with two attached hydrogens (primary N) is 2. The van der Waals surface area contributed by atoms with Gasteiger partial charge in [0.15, 0.2) is 0 Å². The largest absolute Gasteiger partial charge is 0.478 e. The molecule has 1 heterocycles. The number of aromatic carboxylic acids is 1. The minimum atomic E-state index is -1.18. The maximum atomic E-state index is 10.7. The highest BCUT2D eigenvalue weighted by Gasteiger charge is 2.08. The van der Waals surface area contributed by atoms with Crippen LogP contribution in [-0.2, 0) is 4.79 Å². The lowest BCUT2D eigenvalue weighted by Gasteiger charge is -1.99. The number of rotatable bonds is 2. The molecule has 1 aromatic heterocycles. The van der Waals surface area contributed by atoms with Crippen molar-refractivity contribution in [2.45, 2.75) is 6.42 Å². The first kappa shape index (κ1) is 11.5. The van der Waals surface area contributed by atoms with Crippen molar-refractivity contribution in [2.24, 2.45) is 5.73 Å². The van der Waals surface area contributed by atoms with Gasteiger partial charge >= 0.3 is 5.97 Å². The summed E-state index contributed by atoms with van der Waals surface area (Å²) in [6, 6.07) is 1.29. The standard InChI is InChI=1S/C10H9N3O3/c11-8(14)3-1-2-6-4-7(10(15)16)9(12)13-5-6/h4-5H,3H2,(H2,11,14)(H2,12,13)(H,15,16). The molecule has 0 fully saturated rings. The van der Waals surface area contributed by atoms with Gasteiger partial charge in [0.1, 0.15) is 11.4 Å². The van der Waals surface area contributed by atoms with Crippen LogP contribution in [0.1, 0.15) is 22.3 Å². The van der Waals surface area contributed by atoms with Crippen LogP contribution in [0.5, 0.6) is 0 Å². The van der Waals surface area contributed by atoms with E-state index >= 15 is 0 Å². The van der Waals surface area contributed by atoms with Crippen molar-refractivity contribution < 1.29 is 14.7 Å². The molecule has 0 saturated heterocycles. The first-order chi connectivity index (χ1) is 7.50. The van der Waals surface area contributed by atoms with Crippen molar-refractivity contribution in [1.29, 1.82) is 0 Å². The van der Waals surface area contributed by atoms with Gasteiger partial charge in [-0.05, 0) is 6.07 Å². The fraction of sp³-hybridized carbons (Fsp3) is 0.100. The summed E-state index contributed by atoms with van der Waals surface area (Å²) < 4.78 is 0. The maximum absolute atomic E-state index is 10.7. The molecule has 0 atom stereocenters. The summed E-state index contributed by atoms with van der Waals surface area (Å²) in [5.41, 5.74) is 10.5. The number of carboxylic acid groups (broad SMARTS) is 1. The van der Waals surface area contributed by atoms with Crippen molar-refractivity contribution in [3.8, 4) is 11.8 Å². The number of hydrogen-bond donors (Lipinski definition) is 3. The molecule has 0 unspecified atom stereocenters. The Morgan fingerprint density at radius 2 is 2.19 bits per heavy atom. The summed E-state index contributed by atoms with van der Waals surface area (Å²) in [6.07, 6.45) is 1.24. The molecule has 0 saturated carbocycles. The van der Waals surface area contributed by atoms with Crippen LogP contribution in [-0.4, -0.2) is 22.0 Å². The number of nitrogen functional groups attached to an aromatic ring is 1. The fourth-order valence-corrected chi connectivity index (χ4v) is 0.948. The van der Waals surface area contributed by atoms with Crippen molar-refractivity contribution in [3.63, 3.8) is 0 Å². The fourth-order valence-electron chi connectivity index (χ4n) is 0.948. The van der Waals surface area contributed by atoms with E-state index in [1.54, 1.807) is 0 Å². The van der Waals surface area contributed by atoms with Gasteiger partial charge in [0.05, 0.1) is 6.42 Å². The number of aromatic nitrogens is 1. The van der Waals surface area contributed by atoms with E-state index in [0.717, 1.165) is 0 Å². The van der Waals surface area contributed by atoms with E-state index in [4.69, 9.17) is 16.6 Å². The van der Waals surface area contributed by atoms with Crippen molar-refractivity contribution in [1.82, 2.24) is 4.98 Å². The predicted octanol–water partition coefficient (Wildman–Crippen LogP) is -0.411. The normalized spacial score (nSPS) is 9.00. The van der Waals surface area contributed by atoms with Crippen molar-refractivity contribution in [3.05, 3.63) is 23.4 Å². The Hall–Kier alpha value is -2.55. The van der Waals surface area contributed by atoms with Gasteiger partial charge in [-0.3, -0.25) is 4.79 Å². The molecule has 0 bridgehead atoms. The van der Waals surface area contributed by atoms with Crippen LogP contribution in [0.25, 0.3) is 0 Å². The van der Waals surface area contributed by atoms with E-state index in [0.29, 0.717) is 5.56 Å². The zero-order chi connectivity index (χ0) is 12.1. The van der Waals surface area contributed by atoms with E-state index in [9.17, 15) is 9.59 Å². The van der Waals surface area contributed by atoms with Gasteiger partial charge in [0, 0.05) is 11.8 Å². The first-order valence-electron chi connectivity index (χ1n) is 4.26. The molecular formula is C10H9N3O3. The summed E-state index contributed by atoms with van der Waals surface area (Å²) in [4.78, 5) is 24.8. The third kappa shape index (κ3) is 2.99. The molecule has 0 aromatic carbocycles. The Bertz CT molecular complexity index is 500. The number of primary amides is 1. The number of carbonyl (C=O) groups is 2. The Balaban J connectivity index is 2.98. The molecule has 0 spiro atoms. The summed E-state index contributed by atoms with van der Waals surface area (Å²) in [7, 11) is 0. The molecule has 5 N–H and O–H groups in total. The summed E-state index contributed by atoms with van der Waals surface area (Å²) in [5, 5.41) is 8.76. The van der Waals surface area contributed by atoms with E-state index in [-0.39, 0.29) is 17.8 Å². The minimum absolute atomic E-state index is 0.0760. The highest BCUT2D eigenvalue weighted by Crippen LogP contribution is 2.09. The number of nitrogens with zero attached hydrogens (tertiary/aromatic N) is 1. The maximum Gasteiger partial charge on any atom is 0.339 e. The van der Waals surface area contributed by atoms with Crippen LogP contribution in [0.15, 0.2) is 12.3 Å². The van der Waals surface area contributed by atoms with E-state index in [1.165, 1.54) is 12.3 Å². The Kier molecular flexibility index (Phi) is 3.45. The Morgan fingerprint density at radius 3 is 2.75 bits per heavy atom.